The Balaban J connectivity index is 3.38. The number of methoxy groups -OCH3 is 1. The maximum Gasteiger partial charge on any atom is 0.0852 e. The molecule has 0 heterocycles. The molecule has 0 fully saturated rings. The highest BCUT2D eigenvalue weighted by atomic mass is 16.5. The maximum absolute atomic E-state index is 9.62. The second kappa shape index (κ2) is 5.56. The third-order valence-corrected chi connectivity index (χ3v) is 1.77. The topological polar surface area (TPSA) is 29.5 Å². The molecular formula is C9H20O2. The van der Waals surface area contributed by atoms with Crippen LogP contribution in [0.1, 0.15) is 39.5 Å². The monoisotopic (exact) mass is 160 g/mol. The lowest BCUT2D eigenvalue weighted by molar-refractivity contribution is -0.0241. The molecule has 2 nitrogen and oxygen atoms in total. The molecule has 0 aromatic heterocycles. The van der Waals surface area contributed by atoms with E-state index in [2.05, 4.69) is 6.92 Å². The second-order valence-corrected chi connectivity index (χ2v) is 3.39. The van der Waals surface area contributed by atoms with E-state index in [0.29, 0.717) is 6.61 Å². The molecule has 11 heavy (non-hydrogen) atoms. The largest absolute Gasteiger partial charge is 0.388 e. The molecule has 0 aliphatic rings. The summed E-state index contributed by atoms with van der Waals surface area (Å²) in [5.41, 5.74) is -0.621. The van der Waals surface area contributed by atoms with Crippen molar-refractivity contribution in [2.75, 3.05) is 13.7 Å². The summed E-state index contributed by atoms with van der Waals surface area (Å²) in [6, 6.07) is 0. The van der Waals surface area contributed by atoms with Gasteiger partial charge in [-0.2, -0.15) is 0 Å². The molecule has 0 saturated carbocycles. The molecule has 1 unspecified atom stereocenters. The second-order valence-electron chi connectivity index (χ2n) is 3.39. The van der Waals surface area contributed by atoms with Gasteiger partial charge in [0.15, 0.2) is 0 Å². The Hall–Kier alpha value is -0.0800. The lowest BCUT2D eigenvalue weighted by atomic mass is 10.00. The van der Waals surface area contributed by atoms with E-state index in [1.54, 1.807) is 7.11 Å². The maximum atomic E-state index is 9.62. The minimum atomic E-state index is -0.621. The van der Waals surface area contributed by atoms with Gasteiger partial charge in [-0.25, -0.2) is 0 Å². The zero-order valence-electron chi connectivity index (χ0n) is 7.89. The van der Waals surface area contributed by atoms with Gasteiger partial charge in [-0.05, 0) is 13.3 Å². The minimum absolute atomic E-state index is 0.441. The van der Waals surface area contributed by atoms with Gasteiger partial charge in [0.25, 0.3) is 0 Å². The summed E-state index contributed by atoms with van der Waals surface area (Å²) in [5, 5.41) is 9.62. The highest BCUT2D eigenvalue weighted by molar-refractivity contribution is 4.70. The zero-order valence-corrected chi connectivity index (χ0v) is 7.89. The average Bonchev–Trinajstić information content (AvgIpc) is 1.87. The summed E-state index contributed by atoms with van der Waals surface area (Å²) in [4.78, 5) is 0. The Morgan fingerprint density at radius 2 is 2.00 bits per heavy atom. The molecule has 0 spiro atoms. The predicted molar refractivity (Wildman–Crippen MR) is 46.6 cm³/mol. The Bertz CT molecular complexity index is 89.6. The number of hydrogen-bond acceptors (Lipinski definition) is 2. The van der Waals surface area contributed by atoms with Gasteiger partial charge in [0, 0.05) is 7.11 Å². The molecule has 0 bridgehead atoms. The van der Waals surface area contributed by atoms with E-state index in [-0.39, 0.29) is 0 Å². The van der Waals surface area contributed by atoms with Crippen molar-refractivity contribution in [3.05, 3.63) is 0 Å². The molecule has 0 radical (unpaired) electrons. The minimum Gasteiger partial charge on any atom is -0.388 e. The Labute approximate surface area is 69.6 Å². The van der Waals surface area contributed by atoms with Crippen LogP contribution in [0.2, 0.25) is 0 Å². The standard InChI is InChI=1S/C9H20O2/c1-4-5-6-7-9(2,10)8-11-3/h10H,4-8H2,1-3H3. The van der Waals surface area contributed by atoms with Crippen LogP contribution in [0.3, 0.4) is 0 Å². The summed E-state index contributed by atoms with van der Waals surface area (Å²) in [5.74, 6) is 0. The van der Waals surface area contributed by atoms with Crippen LogP contribution >= 0.6 is 0 Å². The van der Waals surface area contributed by atoms with E-state index in [1.165, 1.54) is 12.8 Å². The zero-order chi connectivity index (χ0) is 8.74. The highest BCUT2D eigenvalue weighted by Gasteiger charge is 2.18. The van der Waals surface area contributed by atoms with Crippen LogP contribution in [0.5, 0.6) is 0 Å². The first kappa shape index (κ1) is 10.9. The molecular weight excluding hydrogens is 140 g/mol. The van der Waals surface area contributed by atoms with Crippen LogP contribution in [0, 0.1) is 0 Å². The fourth-order valence-corrected chi connectivity index (χ4v) is 1.14. The van der Waals surface area contributed by atoms with Gasteiger partial charge >= 0.3 is 0 Å². The SMILES string of the molecule is CCCCCC(C)(O)COC. The molecule has 0 aromatic carbocycles. The van der Waals surface area contributed by atoms with Crippen molar-refractivity contribution in [1.82, 2.24) is 0 Å². The van der Waals surface area contributed by atoms with Gasteiger partial charge in [-0.3, -0.25) is 0 Å². The van der Waals surface area contributed by atoms with Gasteiger partial charge in [-0.15, -0.1) is 0 Å². The number of rotatable bonds is 6. The Morgan fingerprint density at radius 3 is 2.45 bits per heavy atom. The number of unbranched alkanes of at least 4 members (excludes halogenated alkanes) is 2. The molecule has 0 aliphatic carbocycles. The van der Waals surface area contributed by atoms with Crippen LogP contribution in [0.4, 0.5) is 0 Å². The van der Waals surface area contributed by atoms with Crippen molar-refractivity contribution in [3.8, 4) is 0 Å². The van der Waals surface area contributed by atoms with Crippen molar-refractivity contribution >= 4 is 0 Å². The normalized spacial score (nSPS) is 16.4. The molecule has 1 N–H and O–H groups in total. The van der Waals surface area contributed by atoms with Crippen molar-refractivity contribution < 1.29 is 9.84 Å². The summed E-state index contributed by atoms with van der Waals surface area (Å²) >= 11 is 0. The van der Waals surface area contributed by atoms with Crippen LogP contribution in [0.15, 0.2) is 0 Å². The summed E-state index contributed by atoms with van der Waals surface area (Å²) in [6.07, 6.45) is 4.32. The van der Waals surface area contributed by atoms with E-state index in [0.717, 1.165) is 12.8 Å². The van der Waals surface area contributed by atoms with Gasteiger partial charge in [0.2, 0.25) is 0 Å². The number of hydrogen-bond donors (Lipinski definition) is 1. The lowest BCUT2D eigenvalue weighted by Crippen LogP contribution is -2.29. The quantitative estimate of drug-likeness (QED) is 0.602. The Kier molecular flexibility index (Phi) is 5.51. The van der Waals surface area contributed by atoms with E-state index < -0.39 is 5.60 Å². The van der Waals surface area contributed by atoms with Crippen molar-refractivity contribution in [1.29, 1.82) is 0 Å². The molecule has 0 amide bonds. The van der Waals surface area contributed by atoms with Crippen molar-refractivity contribution in [2.24, 2.45) is 0 Å². The summed E-state index contributed by atoms with van der Waals surface area (Å²) in [7, 11) is 1.62. The van der Waals surface area contributed by atoms with Crippen molar-refractivity contribution in [2.45, 2.75) is 45.1 Å². The van der Waals surface area contributed by atoms with E-state index in [9.17, 15) is 5.11 Å². The first-order chi connectivity index (χ1) is 5.12. The fourth-order valence-electron chi connectivity index (χ4n) is 1.14. The van der Waals surface area contributed by atoms with E-state index in [1.807, 2.05) is 6.92 Å². The Morgan fingerprint density at radius 1 is 1.36 bits per heavy atom. The van der Waals surface area contributed by atoms with Crippen molar-refractivity contribution in [3.63, 3.8) is 0 Å². The highest BCUT2D eigenvalue weighted by Crippen LogP contribution is 2.14. The first-order valence-corrected chi connectivity index (χ1v) is 4.33. The summed E-state index contributed by atoms with van der Waals surface area (Å²) in [6.45, 7) is 4.42. The average molecular weight is 160 g/mol. The van der Waals surface area contributed by atoms with Gasteiger partial charge in [0.05, 0.1) is 12.2 Å². The van der Waals surface area contributed by atoms with E-state index in [4.69, 9.17) is 4.74 Å². The number of aliphatic hydroxyl groups is 1. The van der Waals surface area contributed by atoms with Gasteiger partial charge in [0.1, 0.15) is 0 Å². The fraction of sp³-hybridized carbons (Fsp3) is 1.00. The lowest BCUT2D eigenvalue weighted by Gasteiger charge is -2.21. The smallest absolute Gasteiger partial charge is 0.0852 e. The van der Waals surface area contributed by atoms with Crippen LogP contribution < -0.4 is 0 Å². The predicted octanol–water partition coefficient (Wildman–Crippen LogP) is 1.96. The molecule has 0 rings (SSSR count). The molecule has 0 saturated heterocycles. The third-order valence-electron chi connectivity index (χ3n) is 1.77. The van der Waals surface area contributed by atoms with E-state index >= 15 is 0 Å². The molecule has 2 heteroatoms. The number of ether oxygens (including phenoxy) is 1. The molecule has 68 valence electrons. The van der Waals surface area contributed by atoms with Gasteiger partial charge < -0.3 is 9.84 Å². The summed E-state index contributed by atoms with van der Waals surface area (Å²) < 4.78 is 4.89. The van der Waals surface area contributed by atoms with Crippen LogP contribution in [-0.2, 0) is 4.74 Å². The third kappa shape index (κ3) is 6.32. The first-order valence-electron chi connectivity index (χ1n) is 4.33. The molecule has 1 atom stereocenters. The molecule has 0 aromatic rings. The van der Waals surface area contributed by atoms with Crippen LogP contribution in [-0.4, -0.2) is 24.4 Å². The molecule has 0 aliphatic heterocycles. The van der Waals surface area contributed by atoms with Gasteiger partial charge in [-0.1, -0.05) is 26.2 Å². The van der Waals surface area contributed by atoms with Crippen LogP contribution in [0.25, 0.3) is 0 Å².